The minimum atomic E-state index is -0.294. The average molecular weight is 329 g/mol. The summed E-state index contributed by atoms with van der Waals surface area (Å²) in [6.07, 6.45) is 0.644. The molecule has 0 aliphatic rings. The number of urea groups is 1. The van der Waals surface area contributed by atoms with E-state index in [0.717, 1.165) is 17.1 Å². The van der Waals surface area contributed by atoms with Crippen LogP contribution in [-0.4, -0.2) is 35.2 Å². The summed E-state index contributed by atoms with van der Waals surface area (Å²) in [6.45, 7) is 5.35. The van der Waals surface area contributed by atoms with Crippen LogP contribution < -0.4 is 15.5 Å². The van der Waals surface area contributed by atoms with Crippen LogP contribution in [0.1, 0.15) is 25.2 Å². The van der Waals surface area contributed by atoms with E-state index in [4.69, 9.17) is 0 Å². The molecule has 1 aromatic carbocycles. The van der Waals surface area contributed by atoms with E-state index in [2.05, 4.69) is 20.8 Å². The van der Waals surface area contributed by atoms with Crippen molar-refractivity contribution < 1.29 is 9.59 Å². The van der Waals surface area contributed by atoms with Crippen LogP contribution in [0.5, 0.6) is 0 Å². The van der Waals surface area contributed by atoms with E-state index in [1.54, 1.807) is 25.2 Å². The first kappa shape index (κ1) is 17.5. The lowest BCUT2D eigenvalue weighted by atomic mass is 10.2. The number of hydrogen-bond acceptors (Lipinski definition) is 3. The van der Waals surface area contributed by atoms with Gasteiger partial charge < -0.3 is 15.5 Å². The van der Waals surface area contributed by atoms with E-state index in [0.29, 0.717) is 12.1 Å². The Kier molecular flexibility index (Phi) is 5.57. The Morgan fingerprint density at radius 3 is 2.71 bits per heavy atom. The molecule has 0 aliphatic carbocycles. The zero-order chi connectivity index (χ0) is 17.7. The van der Waals surface area contributed by atoms with Crippen molar-refractivity contribution in [3.05, 3.63) is 41.7 Å². The Balaban J connectivity index is 1.92. The number of amides is 3. The Morgan fingerprint density at radius 1 is 1.33 bits per heavy atom. The lowest BCUT2D eigenvalue weighted by Gasteiger charge is -2.17. The highest BCUT2D eigenvalue weighted by Crippen LogP contribution is 2.18. The van der Waals surface area contributed by atoms with Gasteiger partial charge in [0.25, 0.3) is 0 Å². The van der Waals surface area contributed by atoms with Crippen molar-refractivity contribution in [2.75, 3.05) is 17.3 Å². The second-order valence-corrected chi connectivity index (χ2v) is 5.87. The molecule has 24 heavy (non-hydrogen) atoms. The van der Waals surface area contributed by atoms with Gasteiger partial charge >= 0.3 is 6.03 Å². The average Bonchev–Trinajstić information content (AvgIpc) is 2.91. The number of carbonyl (C=O) groups is 2. The molecule has 7 heteroatoms. The molecule has 0 aliphatic heterocycles. The van der Waals surface area contributed by atoms with Crippen LogP contribution in [0, 0.1) is 6.92 Å². The molecule has 1 heterocycles. The van der Waals surface area contributed by atoms with Gasteiger partial charge in [0, 0.05) is 43.5 Å². The van der Waals surface area contributed by atoms with E-state index in [-0.39, 0.29) is 18.0 Å². The lowest BCUT2D eigenvalue weighted by molar-refractivity contribution is -0.116. The van der Waals surface area contributed by atoms with Gasteiger partial charge in [-0.1, -0.05) is 6.07 Å². The van der Waals surface area contributed by atoms with E-state index in [9.17, 15) is 9.59 Å². The SMILES string of the molecule is CC(=O)N(C)c1cccc(NC(=O)NC(C)Cc2cc(C)[nH]n2)c1. The summed E-state index contributed by atoms with van der Waals surface area (Å²) in [4.78, 5) is 25.0. The second kappa shape index (κ2) is 7.63. The molecule has 2 aromatic rings. The number of hydrogen-bond donors (Lipinski definition) is 3. The molecule has 0 saturated carbocycles. The molecule has 0 bridgehead atoms. The fraction of sp³-hybridized carbons (Fsp3) is 0.353. The molecular formula is C17H23N5O2. The first-order valence-corrected chi connectivity index (χ1v) is 7.78. The third kappa shape index (κ3) is 4.84. The molecule has 3 amide bonds. The lowest BCUT2D eigenvalue weighted by Crippen LogP contribution is -2.37. The Bertz CT molecular complexity index is 725. The monoisotopic (exact) mass is 329 g/mol. The van der Waals surface area contributed by atoms with Crippen molar-refractivity contribution in [3.8, 4) is 0 Å². The van der Waals surface area contributed by atoms with Crippen molar-refractivity contribution >= 4 is 23.3 Å². The molecule has 2 rings (SSSR count). The van der Waals surface area contributed by atoms with Gasteiger partial charge in [-0.2, -0.15) is 5.10 Å². The maximum Gasteiger partial charge on any atom is 0.319 e. The molecule has 1 atom stereocenters. The van der Waals surface area contributed by atoms with Gasteiger partial charge in [0.05, 0.1) is 5.69 Å². The van der Waals surface area contributed by atoms with E-state index < -0.39 is 0 Å². The van der Waals surface area contributed by atoms with Crippen molar-refractivity contribution in [1.29, 1.82) is 0 Å². The zero-order valence-electron chi connectivity index (χ0n) is 14.4. The summed E-state index contributed by atoms with van der Waals surface area (Å²) in [5.74, 6) is -0.0699. The highest BCUT2D eigenvalue weighted by molar-refractivity contribution is 5.93. The number of anilines is 2. The van der Waals surface area contributed by atoms with Gasteiger partial charge in [-0.05, 0) is 38.1 Å². The van der Waals surface area contributed by atoms with Crippen molar-refractivity contribution in [2.45, 2.75) is 33.2 Å². The molecule has 0 radical (unpaired) electrons. The number of aromatic amines is 1. The number of aromatic nitrogens is 2. The Hall–Kier alpha value is -2.83. The topological polar surface area (TPSA) is 90.1 Å². The van der Waals surface area contributed by atoms with Crippen molar-refractivity contribution in [1.82, 2.24) is 15.5 Å². The molecule has 1 aromatic heterocycles. The maximum atomic E-state index is 12.1. The van der Waals surface area contributed by atoms with Crippen LogP contribution in [0.2, 0.25) is 0 Å². The summed E-state index contributed by atoms with van der Waals surface area (Å²) >= 11 is 0. The first-order chi connectivity index (χ1) is 11.3. The van der Waals surface area contributed by atoms with Crippen molar-refractivity contribution in [3.63, 3.8) is 0 Å². The number of carbonyl (C=O) groups excluding carboxylic acids is 2. The largest absolute Gasteiger partial charge is 0.335 e. The van der Waals surface area contributed by atoms with Crippen LogP contribution >= 0.6 is 0 Å². The third-order valence-electron chi connectivity index (χ3n) is 3.62. The van der Waals surface area contributed by atoms with Crippen molar-refractivity contribution in [2.24, 2.45) is 0 Å². The van der Waals surface area contributed by atoms with Gasteiger partial charge in [0.2, 0.25) is 5.91 Å². The number of nitrogens with one attached hydrogen (secondary N) is 3. The second-order valence-electron chi connectivity index (χ2n) is 5.87. The molecule has 0 saturated heterocycles. The van der Waals surface area contributed by atoms with E-state index in [1.165, 1.54) is 11.8 Å². The highest BCUT2D eigenvalue weighted by Gasteiger charge is 2.11. The number of nitrogens with zero attached hydrogens (tertiary/aromatic N) is 2. The van der Waals surface area contributed by atoms with Gasteiger partial charge in [-0.25, -0.2) is 4.79 Å². The predicted molar refractivity (Wildman–Crippen MR) is 94.2 cm³/mol. The molecular weight excluding hydrogens is 306 g/mol. The number of benzene rings is 1. The quantitative estimate of drug-likeness (QED) is 0.787. The highest BCUT2D eigenvalue weighted by atomic mass is 16.2. The molecule has 0 spiro atoms. The number of aryl methyl sites for hydroxylation is 1. The summed E-state index contributed by atoms with van der Waals surface area (Å²) in [7, 11) is 1.69. The summed E-state index contributed by atoms with van der Waals surface area (Å²) in [5.41, 5.74) is 3.25. The fourth-order valence-corrected chi connectivity index (χ4v) is 2.31. The van der Waals surface area contributed by atoms with Crippen LogP contribution in [0.4, 0.5) is 16.2 Å². The standard InChI is InChI=1S/C17H23N5O2/c1-11(8-15-9-12(2)20-21-15)18-17(24)19-14-6-5-7-16(10-14)22(4)13(3)23/h5-7,9-11H,8H2,1-4H3,(H,20,21)(H2,18,19,24). The van der Waals surface area contributed by atoms with Gasteiger partial charge in [-0.15, -0.1) is 0 Å². The maximum absolute atomic E-state index is 12.1. The van der Waals surface area contributed by atoms with E-state index in [1.807, 2.05) is 26.0 Å². The molecule has 3 N–H and O–H groups in total. The minimum Gasteiger partial charge on any atom is -0.335 e. The normalized spacial score (nSPS) is 11.7. The summed E-state index contributed by atoms with van der Waals surface area (Å²) < 4.78 is 0. The van der Waals surface area contributed by atoms with Crippen LogP contribution in [0.15, 0.2) is 30.3 Å². The van der Waals surface area contributed by atoms with Gasteiger partial charge in [-0.3, -0.25) is 9.89 Å². The molecule has 128 valence electrons. The van der Waals surface area contributed by atoms with Crippen LogP contribution in [0.3, 0.4) is 0 Å². The van der Waals surface area contributed by atoms with Crippen LogP contribution in [0.25, 0.3) is 0 Å². The zero-order valence-corrected chi connectivity index (χ0v) is 14.4. The Morgan fingerprint density at radius 2 is 2.08 bits per heavy atom. The summed E-state index contributed by atoms with van der Waals surface area (Å²) in [5, 5.41) is 12.7. The van der Waals surface area contributed by atoms with E-state index >= 15 is 0 Å². The predicted octanol–water partition coefficient (Wildman–Crippen LogP) is 2.45. The molecule has 7 nitrogen and oxygen atoms in total. The molecule has 1 unspecified atom stereocenters. The van der Waals surface area contributed by atoms with Crippen LogP contribution in [-0.2, 0) is 11.2 Å². The van der Waals surface area contributed by atoms with Gasteiger partial charge in [0.15, 0.2) is 0 Å². The first-order valence-electron chi connectivity index (χ1n) is 7.78. The smallest absolute Gasteiger partial charge is 0.319 e. The molecule has 0 fully saturated rings. The van der Waals surface area contributed by atoms with Gasteiger partial charge in [0.1, 0.15) is 0 Å². The Labute approximate surface area is 141 Å². The summed E-state index contributed by atoms with van der Waals surface area (Å²) in [6, 6.07) is 8.74. The minimum absolute atomic E-state index is 0.0595. The number of rotatable bonds is 5. The number of H-pyrrole nitrogens is 1. The fourth-order valence-electron chi connectivity index (χ4n) is 2.31. The third-order valence-corrected chi connectivity index (χ3v) is 3.62.